The molecule has 2 nitrogen and oxygen atoms in total. The number of likely N-dealkylation sites (N-methyl/N-ethyl adjacent to an activating group) is 1. The molecule has 0 spiro atoms. The predicted molar refractivity (Wildman–Crippen MR) is 75.2 cm³/mol. The topological polar surface area (TPSA) is 29.3 Å². The Labute approximate surface area is 110 Å². The average Bonchev–Trinajstić information content (AvgIpc) is 2.19. The molecule has 1 aromatic carbocycles. The monoisotopic (exact) mass is 254 g/mol. The van der Waals surface area contributed by atoms with Gasteiger partial charge >= 0.3 is 0 Å². The van der Waals surface area contributed by atoms with E-state index in [9.17, 15) is 0 Å². The third-order valence-electron chi connectivity index (χ3n) is 2.69. The van der Waals surface area contributed by atoms with Gasteiger partial charge in [-0.3, -0.25) is 0 Å². The Hall–Kier alpha value is -0.570. The van der Waals surface area contributed by atoms with Crippen LogP contribution in [0.3, 0.4) is 0 Å². The van der Waals surface area contributed by atoms with Crippen LogP contribution in [0.4, 0.5) is 0 Å². The molecule has 0 radical (unpaired) electrons. The quantitative estimate of drug-likeness (QED) is 0.845. The number of nitrogens with two attached hydrogens (primary N) is 1. The van der Waals surface area contributed by atoms with E-state index in [2.05, 4.69) is 37.9 Å². The van der Waals surface area contributed by atoms with Crippen molar-refractivity contribution >= 4 is 11.6 Å². The van der Waals surface area contributed by atoms with E-state index < -0.39 is 0 Å². The van der Waals surface area contributed by atoms with Gasteiger partial charge in [-0.2, -0.15) is 0 Å². The minimum atomic E-state index is 0.257. The molecule has 2 N–H and O–H groups in total. The lowest BCUT2D eigenvalue weighted by atomic mass is 10.0. The summed E-state index contributed by atoms with van der Waals surface area (Å²) in [5.74, 6) is 0.661. The normalized spacial score (nSPS) is 13.4. The maximum Gasteiger partial charge on any atom is 0.0406 e. The van der Waals surface area contributed by atoms with Crippen LogP contribution >= 0.6 is 11.6 Å². The van der Waals surface area contributed by atoms with Crippen molar-refractivity contribution in [1.82, 2.24) is 4.90 Å². The van der Waals surface area contributed by atoms with Crippen molar-refractivity contribution < 1.29 is 0 Å². The van der Waals surface area contributed by atoms with Gasteiger partial charge in [-0.1, -0.05) is 37.6 Å². The average molecular weight is 255 g/mol. The summed E-state index contributed by atoms with van der Waals surface area (Å²) in [6.45, 7) is 6.27. The third kappa shape index (κ3) is 6.06. The van der Waals surface area contributed by atoms with E-state index in [0.29, 0.717) is 5.92 Å². The van der Waals surface area contributed by atoms with Gasteiger partial charge in [-0.15, -0.1) is 0 Å². The lowest BCUT2D eigenvalue weighted by Gasteiger charge is -2.22. The molecule has 96 valence electrons. The van der Waals surface area contributed by atoms with E-state index in [1.165, 1.54) is 5.56 Å². The molecule has 0 aromatic heterocycles. The second-order valence-corrected chi connectivity index (χ2v) is 5.65. The Balaban J connectivity index is 2.38. The molecular weight excluding hydrogens is 232 g/mol. The summed E-state index contributed by atoms with van der Waals surface area (Å²) in [6, 6.07) is 8.24. The molecule has 0 saturated carbocycles. The minimum Gasteiger partial charge on any atom is -0.327 e. The molecule has 1 rings (SSSR count). The van der Waals surface area contributed by atoms with Crippen LogP contribution in [0, 0.1) is 5.92 Å². The first-order valence-electron chi connectivity index (χ1n) is 6.16. The number of hydrogen-bond acceptors (Lipinski definition) is 2. The second-order valence-electron chi connectivity index (χ2n) is 5.21. The van der Waals surface area contributed by atoms with Crippen LogP contribution < -0.4 is 5.73 Å². The van der Waals surface area contributed by atoms with Gasteiger partial charge in [0.1, 0.15) is 0 Å². The maximum atomic E-state index is 6.09. The lowest BCUT2D eigenvalue weighted by molar-refractivity contribution is 0.287. The molecule has 17 heavy (non-hydrogen) atoms. The van der Waals surface area contributed by atoms with E-state index in [4.69, 9.17) is 17.3 Å². The zero-order valence-electron chi connectivity index (χ0n) is 11.0. The second kappa shape index (κ2) is 7.00. The van der Waals surface area contributed by atoms with Gasteiger partial charge in [-0.25, -0.2) is 0 Å². The fourth-order valence-electron chi connectivity index (χ4n) is 2.05. The van der Waals surface area contributed by atoms with Crippen molar-refractivity contribution in [1.29, 1.82) is 0 Å². The molecule has 0 heterocycles. The molecule has 0 fully saturated rings. The van der Waals surface area contributed by atoms with Crippen LogP contribution in [0.2, 0.25) is 5.02 Å². The molecule has 1 atom stereocenters. The Bertz CT molecular complexity index is 321. The fraction of sp³-hybridized carbons (Fsp3) is 0.571. The van der Waals surface area contributed by atoms with Crippen molar-refractivity contribution in [3.05, 3.63) is 34.9 Å². The molecule has 0 saturated heterocycles. The summed E-state index contributed by atoms with van der Waals surface area (Å²) < 4.78 is 0. The lowest BCUT2D eigenvalue weighted by Crippen LogP contribution is -2.35. The Morgan fingerprint density at radius 3 is 2.35 bits per heavy atom. The summed E-state index contributed by atoms with van der Waals surface area (Å²) in [5.41, 5.74) is 7.36. The van der Waals surface area contributed by atoms with Crippen LogP contribution in [-0.4, -0.2) is 24.5 Å². The highest BCUT2D eigenvalue weighted by molar-refractivity contribution is 6.30. The van der Waals surface area contributed by atoms with E-state index >= 15 is 0 Å². The molecule has 0 aliphatic rings. The molecule has 0 bridgehead atoms. The highest BCUT2D eigenvalue weighted by Crippen LogP contribution is 2.11. The van der Waals surface area contributed by atoms with E-state index in [0.717, 1.165) is 24.5 Å². The van der Waals surface area contributed by atoms with Gasteiger partial charge in [0.2, 0.25) is 0 Å². The van der Waals surface area contributed by atoms with Crippen LogP contribution in [0.25, 0.3) is 0 Å². The number of halogens is 1. The Kier molecular flexibility index (Phi) is 5.96. The van der Waals surface area contributed by atoms with Gasteiger partial charge in [0.25, 0.3) is 0 Å². The van der Waals surface area contributed by atoms with Crippen molar-refractivity contribution in [2.75, 3.05) is 13.6 Å². The van der Waals surface area contributed by atoms with Crippen molar-refractivity contribution in [3.8, 4) is 0 Å². The van der Waals surface area contributed by atoms with Gasteiger partial charge in [0, 0.05) is 24.2 Å². The van der Waals surface area contributed by atoms with Crippen molar-refractivity contribution in [2.24, 2.45) is 11.7 Å². The van der Waals surface area contributed by atoms with Crippen molar-refractivity contribution in [3.63, 3.8) is 0 Å². The molecule has 1 aromatic rings. The number of rotatable bonds is 6. The first-order chi connectivity index (χ1) is 7.97. The van der Waals surface area contributed by atoms with Crippen molar-refractivity contribution in [2.45, 2.75) is 32.9 Å². The number of hydrogen-bond donors (Lipinski definition) is 1. The highest BCUT2D eigenvalue weighted by Gasteiger charge is 2.09. The minimum absolute atomic E-state index is 0.257. The Morgan fingerprint density at radius 1 is 1.24 bits per heavy atom. The smallest absolute Gasteiger partial charge is 0.0406 e. The van der Waals surface area contributed by atoms with E-state index in [-0.39, 0.29) is 6.04 Å². The zero-order chi connectivity index (χ0) is 12.8. The Morgan fingerprint density at radius 2 is 1.82 bits per heavy atom. The van der Waals surface area contributed by atoms with E-state index in [1.807, 2.05) is 12.1 Å². The maximum absolute atomic E-state index is 6.09. The summed E-state index contributed by atoms with van der Waals surface area (Å²) in [6.07, 6.45) is 1.07. The molecule has 1 unspecified atom stereocenters. The van der Waals surface area contributed by atoms with Gasteiger partial charge in [0.15, 0.2) is 0 Å². The largest absolute Gasteiger partial charge is 0.327 e. The fourth-order valence-corrected chi connectivity index (χ4v) is 2.17. The van der Waals surface area contributed by atoms with E-state index in [1.54, 1.807) is 0 Å². The van der Waals surface area contributed by atoms with Gasteiger partial charge in [-0.05, 0) is 37.1 Å². The van der Waals surface area contributed by atoms with Gasteiger partial charge < -0.3 is 10.6 Å². The molecule has 0 amide bonds. The van der Waals surface area contributed by atoms with Gasteiger partial charge in [0.05, 0.1) is 0 Å². The zero-order valence-corrected chi connectivity index (χ0v) is 11.7. The molecular formula is C14H23ClN2. The molecule has 0 aliphatic heterocycles. The number of nitrogens with zero attached hydrogens (tertiary/aromatic N) is 1. The summed E-state index contributed by atoms with van der Waals surface area (Å²) >= 11 is 5.86. The summed E-state index contributed by atoms with van der Waals surface area (Å²) in [4.78, 5) is 2.26. The summed E-state index contributed by atoms with van der Waals surface area (Å²) in [7, 11) is 2.11. The third-order valence-corrected chi connectivity index (χ3v) is 2.94. The molecule has 0 aliphatic carbocycles. The van der Waals surface area contributed by atoms with Crippen LogP contribution in [-0.2, 0) is 6.54 Å². The number of benzene rings is 1. The standard InChI is InChI=1S/C14H23ClN2/c1-11(2)8-14(16)10-17(3)9-12-4-6-13(15)7-5-12/h4-7,11,14H,8-10,16H2,1-3H3. The highest BCUT2D eigenvalue weighted by atomic mass is 35.5. The summed E-state index contributed by atoms with van der Waals surface area (Å²) in [5, 5.41) is 0.785. The van der Waals surface area contributed by atoms with Crippen LogP contribution in [0.1, 0.15) is 25.8 Å². The SMILES string of the molecule is CC(C)CC(N)CN(C)Cc1ccc(Cl)cc1. The molecule has 3 heteroatoms. The van der Waals surface area contributed by atoms with Crippen LogP contribution in [0.15, 0.2) is 24.3 Å². The predicted octanol–water partition coefficient (Wildman–Crippen LogP) is 3.15. The van der Waals surface area contributed by atoms with Crippen LogP contribution in [0.5, 0.6) is 0 Å². The first kappa shape index (κ1) is 14.5. The first-order valence-corrected chi connectivity index (χ1v) is 6.53.